The molecule has 5 heteroatoms. The van der Waals surface area contributed by atoms with Crippen molar-refractivity contribution < 1.29 is 14.3 Å². The molecule has 2 aliphatic carbocycles. The first kappa shape index (κ1) is 18.3. The van der Waals surface area contributed by atoms with Crippen molar-refractivity contribution in [2.45, 2.75) is 63.9 Å². The molecule has 0 aromatic heterocycles. The molecule has 0 radical (unpaired) electrons. The second-order valence-corrected chi connectivity index (χ2v) is 8.07. The van der Waals surface area contributed by atoms with Crippen LogP contribution >= 0.6 is 11.6 Å². The fraction of sp³-hybridized carbons (Fsp3) is 0.455. The van der Waals surface area contributed by atoms with Gasteiger partial charge < -0.3 is 10.1 Å². The number of ether oxygens (including phenoxy) is 1. The van der Waals surface area contributed by atoms with Gasteiger partial charge in [0.15, 0.2) is 5.78 Å². The summed E-state index contributed by atoms with van der Waals surface area (Å²) in [5, 5.41) is 3.96. The van der Waals surface area contributed by atoms with Gasteiger partial charge in [0.05, 0.1) is 5.57 Å². The average molecular weight is 386 g/mol. The van der Waals surface area contributed by atoms with Crippen LogP contribution in [0.3, 0.4) is 0 Å². The highest BCUT2D eigenvalue weighted by atomic mass is 35.5. The van der Waals surface area contributed by atoms with Gasteiger partial charge in [-0.05, 0) is 63.1 Å². The molecule has 1 heterocycles. The minimum absolute atomic E-state index is 0.0129. The summed E-state index contributed by atoms with van der Waals surface area (Å²) in [5.41, 5.74) is 3.90. The summed E-state index contributed by atoms with van der Waals surface area (Å²) in [4.78, 5) is 25.9. The van der Waals surface area contributed by atoms with E-state index in [2.05, 4.69) is 5.32 Å². The van der Waals surface area contributed by atoms with Crippen molar-refractivity contribution in [3.8, 4) is 0 Å². The van der Waals surface area contributed by atoms with E-state index in [1.54, 1.807) is 0 Å². The highest BCUT2D eigenvalue weighted by Crippen LogP contribution is 2.43. The zero-order chi connectivity index (χ0) is 19.0. The number of carbonyl (C=O) groups is 2. The van der Waals surface area contributed by atoms with Crippen LogP contribution in [0.5, 0.6) is 0 Å². The summed E-state index contributed by atoms with van der Waals surface area (Å²) in [6.07, 6.45) is 6.22. The average Bonchev–Trinajstić information content (AvgIpc) is 3.14. The lowest BCUT2D eigenvalue weighted by Crippen LogP contribution is -2.35. The molecule has 0 saturated heterocycles. The molecule has 1 saturated carbocycles. The fourth-order valence-electron chi connectivity index (χ4n) is 4.46. The van der Waals surface area contributed by atoms with E-state index in [4.69, 9.17) is 16.3 Å². The van der Waals surface area contributed by atoms with Gasteiger partial charge >= 0.3 is 5.97 Å². The Morgan fingerprint density at radius 3 is 2.52 bits per heavy atom. The van der Waals surface area contributed by atoms with E-state index in [-0.39, 0.29) is 23.8 Å². The van der Waals surface area contributed by atoms with Crippen LogP contribution < -0.4 is 5.32 Å². The molecule has 0 amide bonds. The van der Waals surface area contributed by atoms with Crippen molar-refractivity contribution in [2.24, 2.45) is 0 Å². The van der Waals surface area contributed by atoms with Gasteiger partial charge in [0, 0.05) is 34.3 Å². The number of Topliss-reactive ketones (excluding diaryl/α,β-unsaturated/α-hetero) is 1. The normalized spacial score (nSPS) is 23.3. The van der Waals surface area contributed by atoms with Crippen molar-refractivity contribution in [2.75, 3.05) is 0 Å². The quantitative estimate of drug-likeness (QED) is 0.760. The number of rotatable bonds is 3. The van der Waals surface area contributed by atoms with Gasteiger partial charge in [-0.25, -0.2) is 4.79 Å². The van der Waals surface area contributed by atoms with E-state index in [9.17, 15) is 9.59 Å². The predicted molar refractivity (Wildman–Crippen MR) is 104 cm³/mol. The van der Waals surface area contributed by atoms with Crippen LogP contribution in [0.4, 0.5) is 0 Å². The molecule has 1 fully saturated rings. The van der Waals surface area contributed by atoms with Crippen LogP contribution in [0.25, 0.3) is 0 Å². The predicted octanol–water partition coefficient (Wildman–Crippen LogP) is 4.79. The van der Waals surface area contributed by atoms with E-state index in [1.165, 1.54) is 0 Å². The van der Waals surface area contributed by atoms with Crippen molar-refractivity contribution >= 4 is 23.4 Å². The summed E-state index contributed by atoms with van der Waals surface area (Å²) in [6, 6.07) is 7.42. The van der Waals surface area contributed by atoms with Gasteiger partial charge in [-0.3, -0.25) is 4.79 Å². The smallest absolute Gasteiger partial charge is 0.337 e. The van der Waals surface area contributed by atoms with Crippen molar-refractivity contribution in [3.05, 3.63) is 57.4 Å². The van der Waals surface area contributed by atoms with E-state index < -0.39 is 0 Å². The van der Waals surface area contributed by atoms with Gasteiger partial charge in [-0.1, -0.05) is 23.7 Å². The number of carbonyl (C=O) groups excluding carboxylic acids is 2. The van der Waals surface area contributed by atoms with Gasteiger partial charge in [-0.15, -0.1) is 0 Å². The molecule has 0 bridgehead atoms. The SMILES string of the molecule is CC1=C(C(=O)OC2CCCC2)[C@@H](c2ccc(Cl)cc2)C2=C(CCCC2=O)N1. The number of esters is 1. The molecular formula is C22H24ClNO3. The first-order valence-electron chi connectivity index (χ1n) is 9.75. The first-order chi connectivity index (χ1) is 13.0. The standard InChI is InChI=1S/C22H24ClNO3/c1-13-19(22(26)27-16-5-2-3-6-16)20(14-9-11-15(23)12-10-14)21-17(24-13)7-4-8-18(21)25/h9-12,16,20,24H,2-8H2,1H3/t20-/m1/s1. The zero-order valence-corrected chi connectivity index (χ0v) is 16.3. The monoisotopic (exact) mass is 385 g/mol. The highest BCUT2D eigenvalue weighted by molar-refractivity contribution is 6.30. The number of nitrogens with one attached hydrogen (secondary N) is 1. The molecule has 4 nitrogen and oxygen atoms in total. The molecule has 1 aromatic carbocycles. The van der Waals surface area contributed by atoms with Crippen LogP contribution in [0, 0.1) is 0 Å². The van der Waals surface area contributed by atoms with Gasteiger partial charge in [0.1, 0.15) is 6.10 Å². The Labute approximate surface area is 164 Å². The lowest BCUT2D eigenvalue weighted by molar-refractivity contribution is -0.144. The third kappa shape index (κ3) is 3.55. The second kappa shape index (κ2) is 7.51. The second-order valence-electron chi connectivity index (χ2n) is 7.63. The number of hydrogen-bond acceptors (Lipinski definition) is 4. The van der Waals surface area contributed by atoms with Crippen LogP contribution in [0.15, 0.2) is 46.8 Å². The molecular weight excluding hydrogens is 362 g/mol. The van der Waals surface area contributed by atoms with E-state index in [0.29, 0.717) is 22.6 Å². The van der Waals surface area contributed by atoms with Gasteiger partial charge in [0.25, 0.3) is 0 Å². The Morgan fingerprint density at radius 1 is 1.11 bits per heavy atom. The molecule has 142 valence electrons. The van der Waals surface area contributed by atoms with E-state index in [1.807, 2.05) is 31.2 Å². The molecule has 1 aliphatic heterocycles. The minimum Gasteiger partial charge on any atom is -0.459 e. The lowest BCUT2D eigenvalue weighted by Gasteiger charge is -2.34. The fourth-order valence-corrected chi connectivity index (χ4v) is 4.59. The Bertz CT molecular complexity index is 832. The van der Waals surface area contributed by atoms with E-state index >= 15 is 0 Å². The van der Waals surface area contributed by atoms with Crippen molar-refractivity contribution in [3.63, 3.8) is 0 Å². The minimum atomic E-state index is -0.389. The number of dihydropyridines is 1. The van der Waals surface area contributed by atoms with Crippen LogP contribution in [-0.4, -0.2) is 17.9 Å². The lowest BCUT2D eigenvalue weighted by atomic mass is 9.75. The van der Waals surface area contributed by atoms with Crippen molar-refractivity contribution in [1.29, 1.82) is 0 Å². The summed E-state index contributed by atoms with van der Waals surface area (Å²) in [5.74, 6) is -0.584. The number of ketones is 1. The Morgan fingerprint density at radius 2 is 1.81 bits per heavy atom. The number of benzene rings is 1. The summed E-state index contributed by atoms with van der Waals surface area (Å²) in [7, 11) is 0. The molecule has 3 aliphatic rings. The molecule has 1 aromatic rings. The Hall–Kier alpha value is -2.07. The number of halogens is 1. The highest BCUT2D eigenvalue weighted by Gasteiger charge is 2.39. The Kier molecular flexibility index (Phi) is 5.09. The van der Waals surface area contributed by atoms with Crippen molar-refractivity contribution in [1.82, 2.24) is 5.32 Å². The Balaban J connectivity index is 1.75. The molecule has 27 heavy (non-hydrogen) atoms. The number of hydrogen-bond donors (Lipinski definition) is 1. The summed E-state index contributed by atoms with van der Waals surface area (Å²) in [6.45, 7) is 1.90. The first-order valence-corrected chi connectivity index (χ1v) is 10.1. The van der Waals surface area contributed by atoms with Crippen LogP contribution in [0.1, 0.15) is 63.4 Å². The third-order valence-electron chi connectivity index (χ3n) is 5.78. The molecule has 0 spiro atoms. The summed E-state index contributed by atoms with van der Waals surface area (Å²) < 4.78 is 5.81. The molecule has 1 atom stereocenters. The maximum atomic E-state index is 13.1. The van der Waals surface area contributed by atoms with E-state index in [0.717, 1.165) is 55.5 Å². The maximum absolute atomic E-state index is 13.1. The molecule has 0 unspecified atom stereocenters. The number of allylic oxidation sites excluding steroid dienone is 3. The largest absolute Gasteiger partial charge is 0.459 e. The molecule has 4 rings (SSSR count). The molecule has 1 N–H and O–H groups in total. The topological polar surface area (TPSA) is 55.4 Å². The van der Waals surface area contributed by atoms with Crippen LogP contribution in [0.2, 0.25) is 5.02 Å². The maximum Gasteiger partial charge on any atom is 0.337 e. The third-order valence-corrected chi connectivity index (χ3v) is 6.03. The summed E-state index contributed by atoms with van der Waals surface area (Å²) >= 11 is 6.06. The van der Waals surface area contributed by atoms with Gasteiger partial charge in [-0.2, -0.15) is 0 Å². The van der Waals surface area contributed by atoms with Gasteiger partial charge in [0.2, 0.25) is 0 Å². The zero-order valence-electron chi connectivity index (χ0n) is 15.5. The van der Waals surface area contributed by atoms with Crippen LogP contribution in [-0.2, 0) is 14.3 Å².